The maximum Gasteiger partial charge on any atom is 0.508 e. The summed E-state index contributed by atoms with van der Waals surface area (Å²) in [6, 6.07) is 0. The van der Waals surface area contributed by atoms with Gasteiger partial charge in [-0.1, -0.05) is 26.2 Å². The van der Waals surface area contributed by atoms with Gasteiger partial charge >= 0.3 is 12.1 Å². The van der Waals surface area contributed by atoms with Crippen molar-refractivity contribution < 1.29 is 23.8 Å². The van der Waals surface area contributed by atoms with Crippen LogP contribution in [0.1, 0.15) is 46.0 Å². The van der Waals surface area contributed by atoms with E-state index in [-0.39, 0.29) is 6.61 Å². The Balaban J connectivity index is 4.25. The van der Waals surface area contributed by atoms with E-state index in [0.29, 0.717) is 6.42 Å². The minimum Gasteiger partial charge on any atom is -0.466 e. The molecule has 0 aliphatic carbocycles. The van der Waals surface area contributed by atoms with Gasteiger partial charge in [-0.3, -0.25) is 0 Å². The molecular formula is C14H24O5. The molecule has 0 radical (unpaired) electrons. The van der Waals surface area contributed by atoms with E-state index in [1.54, 1.807) is 6.92 Å². The molecule has 0 fully saturated rings. The van der Waals surface area contributed by atoms with E-state index in [9.17, 15) is 9.59 Å². The van der Waals surface area contributed by atoms with Gasteiger partial charge in [-0.25, -0.2) is 9.59 Å². The van der Waals surface area contributed by atoms with Crippen LogP contribution in [0, 0.1) is 0 Å². The molecule has 0 amide bonds. The van der Waals surface area contributed by atoms with Gasteiger partial charge in [0.1, 0.15) is 6.10 Å². The molecule has 19 heavy (non-hydrogen) atoms. The van der Waals surface area contributed by atoms with Gasteiger partial charge in [-0.2, -0.15) is 0 Å². The fourth-order valence-corrected chi connectivity index (χ4v) is 1.50. The van der Waals surface area contributed by atoms with Crippen LogP contribution in [0.2, 0.25) is 0 Å². The summed E-state index contributed by atoms with van der Waals surface area (Å²) in [5, 5.41) is 0. The number of hydrogen-bond acceptors (Lipinski definition) is 5. The summed E-state index contributed by atoms with van der Waals surface area (Å²) in [6.07, 6.45) is 6.61. The predicted octanol–water partition coefficient (Wildman–Crippen LogP) is 3.23. The average Bonchev–Trinajstić information content (AvgIpc) is 2.40. The number of carbonyl (C=O) groups is 2. The van der Waals surface area contributed by atoms with Crippen molar-refractivity contribution in [2.24, 2.45) is 0 Å². The molecular weight excluding hydrogens is 248 g/mol. The van der Waals surface area contributed by atoms with Crippen molar-refractivity contribution in [3.63, 3.8) is 0 Å². The third kappa shape index (κ3) is 10.1. The Morgan fingerprint density at radius 1 is 1.16 bits per heavy atom. The van der Waals surface area contributed by atoms with Crippen LogP contribution in [0.3, 0.4) is 0 Å². The lowest BCUT2D eigenvalue weighted by molar-refractivity contribution is -0.134. The molecule has 0 aliphatic heterocycles. The van der Waals surface area contributed by atoms with E-state index in [4.69, 9.17) is 9.47 Å². The summed E-state index contributed by atoms with van der Waals surface area (Å²) in [4.78, 5) is 22.3. The number of rotatable bonds is 9. The molecule has 0 aliphatic rings. The van der Waals surface area contributed by atoms with Crippen LogP contribution < -0.4 is 0 Å². The fourth-order valence-electron chi connectivity index (χ4n) is 1.50. The fraction of sp³-hybridized carbons (Fsp3) is 0.714. The van der Waals surface area contributed by atoms with Crippen molar-refractivity contribution in [1.29, 1.82) is 0 Å². The van der Waals surface area contributed by atoms with Crippen molar-refractivity contribution in [3.8, 4) is 0 Å². The second-order valence-corrected chi connectivity index (χ2v) is 4.07. The molecule has 0 saturated heterocycles. The van der Waals surface area contributed by atoms with Crippen molar-refractivity contribution in [2.45, 2.75) is 52.1 Å². The molecule has 0 aromatic carbocycles. The first-order valence-corrected chi connectivity index (χ1v) is 6.73. The first-order chi connectivity index (χ1) is 9.13. The van der Waals surface area contributed by atoms with Gasteiger partial charge in [-0.15, -0.1) is 0 Å². The average molecular weight is 272 g/mol. The summed E-state index contributed by atoms with van der Waals surface area (Å²) in [7, 11) is 1.30. The number of unbranched alkanes of at least 4 members (excludes halogenated alkanes) is 3. The van der Waals surface area contributed by atoms with Gasteiger partial charge in [-0.05, 0) is 25.8 Å². The standard InChI is InChI=1S/C14H24O5/c1-4-6-7-8-9-12(10-11-13(15)17-3)19-14(16)18-5-2/h10-12H,4-9H2,1-3H3. The van der Waals surface area contributed by atoms with Crippen LogP contribution in [-0.2, 0) is 19.0 Å². The molecule has 0 aromatic heterocycles. The minimum absolute atomic E-state index is 0.266. The molecule has 5 heteroatoms. The molecule has 5 nitrogen and oxygen atoms in total. The second-order valence-electron chi connectivity index (χ2n) is 4.07. The smallest absolute Gasteiger partial charge is 0.466 e. The summed E-state index contributed by atoms with van der Waals surface area (Å²) in [6.45, 7) is 4.10. The number of ether oxygens (including phenoxy) is 3. The predicted molar refractivity (Wildman–Crippen MR) is 71.8 cm³/mol. The maximum absolute atomic E-state index is 11.3. The third-order valence-corrected chi connectivity index (χ3v) is 2.50. The highest BCUT2D eigenvalue weighted by molar-refractivity contribution is 5.81. The van der Waals surface area contributed by atoms with E-state index in [0.717, 1.165) is 25.7 Å². The SMILES string of the molecule is CCCCCCC(C=CC(=O)OC)OC(=O)OCC. The van der Waals surface area contributed by atoms with Gasteiger partial charge in [0.25, 0.3) is 0 Å². The molecule has 0 bridgehead atoms. The Kier molecular flexibility index (Phi) is 10.6. The lowest BCUT2D eigenvalue weighted by Gasteiger charge is -2.13. The van der Waals surface area contributed by atoms with Crippen molar-refractivity contribution in [3.05, 3.63) is 12.2 Å². The highest BCUT2D eigenvalue weighted by atomic mass is 16.7. The van der Waals surface area contributed by atoms with E-state index >= 15 is 0 Å². The molecule has 0 rings (SSSR count). The molecule has 0 heterocycles. The summed E-state index contributed by atoms with van der Waals surface area (Å²) >= 11 is 0. The normalized spacial score (nSPS) is 12.2. The van der Waals surface area contributed by atoms with Crippen LogP contribution >= 0.6 is 0 Å². The highest BCUT2D eigenvalue weighted by Crippen LogP contribution is 2.10. The molecule has 1 atom stereocenters. The molecule has 0 spiro atoms. The number of esters is 1. The van der Waals surface area contributed by atoms with Crippen LogP contribution in [0.15, 0.2) is 12.2 Å². The van der Waals surface area contributed by atoms with E-state index < -0.39 is 18.2 Å². The van der Waals surface area contributed by atoms with Gasteiger partial charge in [0, 0.05) is 6.08 Å². The molecule has 110 valence electrons. The second kappa shape index (κ2) is 11.6. The largest absolute Gasteiger partial charge is 0.508 e. The third-order valence-electron chi connectivity index (χ3n) is 2.50. The Labute approximate surface area is 114 Å². The first kappa shape index (κ1) is 17.5. The van der Waals surface area contributed by atoms with Crippen LogP contribution in [0.25, 0.3) is 0 Å². The van der Waals surface area contributed by atoms with E-state index in [1.807, 2.05) is 0 Å². The van der Waals surface area contributed by atoms with Crippen molar-refractivity contribution >= 4 is 12.1 Å². The molecule has 0 N–H and O–H groups in total. The van der Waals surface area contributed by atoms with Crippen LogP contribution in [0.5, 0.6) is 0 Å². The molecule has 0 saturated carbocycles. The zero-order valence-corrected chi connectivity index (χ0v) is 12.0. The van der Waals surface area contributed by atoms with Crippen LogP contribution in [-0.4, -0.2) is 31.9 Å². The van der Waals surface area contributed by atoms with Crippen LogP contribution in [0.4, 0.5) is 4.79 Å². The topological polar surface area (TPSA) is 61.8 Å². The number of hydrogen-bond donors (Lipinski definition) is 0. The first-order valence-electron chi connectivity index (χ1n) is 6.73. The zero-order valence-electron chi connectivity index (χ0n) is 12.0. The lowest BCUT2D eigenvalue weighted by atomic mass is 10.1. The summed E-state index contributed by atoms with van der Waals surface area (Å²) in [5.41, 5.74) is 0. The Morgan fingerprint density at radius 3 is 2.47 bits per heavy atom. The Morgan fingerprint density at radius 2 is 1.89 bits per heavy atom. The maximum atomic E-state index is 11.3. The molecule has 1 unspecified atom stereocenters. The van der Waals surface area contributed by atoms with E-state index in [1.165, 1.54) is 19.3 Å². The van der Waals surface area contributed by atoms with Crippen molar-refractivity contribution in [2.75, 3.05) is 13.7 Å². The Bertz CT molecular complexity index is 286. The summed E-state index contributed by atoms with van der Waals surface area (Å²) in [5.74, 6) is -0.467. The zero-order chi connectivity index (χ0) is 14.5. The van der Waals surface area contributed by atoms with Gasteiger partial charge in [0.2, 0.25) is 0 Å². The highest BCUT2D eigenvalue weighted by Gasteiger charge is 2.12. The lowest BCUT2D eigenvalue weighted by Crippen LogP contribution is -2.17. The Hall–Kier alpha value is -1.52. The van der Waals surface area contributed by atoms with Crippen molar-refractivity contribution in [1.82, 2.24) is 0 Å². The monoisotopic (exact) mass is 272 g/mol. The van der Waals surface area contributed by atoms with Gasteiger partial charge in [0.05, 0.1) is 13.7 Å². The molecule has 0 aromatic rings. The summed E-state index contributed by atoms with van der Waals surface area (Å²) < 4.78 is 14.3. The van der Waals surface area contributed by atoms with Gasteiger partial charge in [0.15, 0.2) is 0 Å². The quantitative estimate of drug-likeness (QED) is 0.366. The van der Waals surface area contributed by atoms with E-state index in [2.05, 4.69) is 11.7 Å². The number of methoxy groups -OCH3 is 1. The van der Waals surface area contributed by atoms with Gasteiger partial charge < -0.3 is 14.2 Å². The number of carbonyl (C=O) groups excluding carboxylic acids is 2. The minimum atomic E-state index is -0.711.